The fourth-order valence-corrected chi connectivity index (χ4v) is 2.20. The van der Waals surface area contributed by atoms with Crippen molar-refractivity contribution in [3.8, 4) is 0 Å². The molecule has 22 heavy (non-hydrogen) atoms. The zero-order chi connectivity index (χ0) is 17.1. The van der Waals surface area contributed by atoms with Crippen LogP contribution in [0.2, 0.25) is 0 Å². The van der Waals surface area contributed by atoms with Crippen molar-refractivity contribution in [3.63, 3.8) is 0 Å². The number of ketones is 1. The minimum absolute atomic E-state index is 0.0148. The number of carbonyl (C=O) groups is 1. The molecule has 1 aromatic rings. The summed E-state index contributed by atoms with van der Waals surface area (Å²) in [5.74, 6) is 0.0148. The quantitative estimate of drug-likeness (QED) is 0.575. The average Bonchev–Trinajstić information content (AvgIpc) is 2.70. The summed E-state index contributed by atoms with van der Waals surface area (Å²) >= 11 is 0. The molecule has 0 N–H and O–H groups in total. The number of rotatable bonds is 3. The van der Waals surface area contributed by atoms with E-state index in [1.165, 1.54) is 0 Å². The number of nitrogens with zero attached hydrogens (tertiary/aromatic N) is 2. The molecule has 0 spiro atoms. The van der Waals surface area contributed by atoms with Crippen molar-refractivity contribution < 1.29 is 4.79 Å². The van der Waals surface area contributed by atoms with E-state index in [0.717, 1.165) is 23.4 Å². The molecule has 3 heteroatoms. The number of hydrogen-bond donors (Lipinski definition) is 0. The van der Waals surface area contributed by atoms with E-state index in [9.17, 15) is 4.79 Å². The normalized spacial score (nSPS) is 12.9. The number of hydrogen-bond acceptors (Lipinski definition) is 3. The van der Waals surface area contributed by atoms with E-state index < -0.39 is 0 Å². The third-order valence-electron chi connectivity index (χ3n) is 3.11. The summed E-state index contributed by atoms with van der Waals surface area (Å²) in [7, 11) is 0. The predicted molar refractivity (Wildman–Crippen MR) is 95.7 cm³/mol. The number of aliphatic imine (C=N–C) groups is 1. The van der Waals surface area contributed by atoms with Crippen molar-refractivity contribution in [2.45, 2.75) is 53.9 Å². The molecule has 120 valence electrons. The molecule has 0 aromatic carbocycles. The fourth-order valence-electron chi connectivity index (χ4n) is 2.20. The van der Waals surface area contributed by atoms with Crippen molar-refractivity contribution in [3.05, 3.63) is 53.0 Å². The van der Waals surface area contributed by atoms with Gasteiger partial charge in [-0.25, -0.2) is 0 Å². The highest BCUT2D eigenvalue weighted by Crippen LogP contribution is 2.27. The van der Waals surface area contributed by atoms with Gasteiger partial charge in [-0.15, -0.1) is 6.58 Å². The lowest BCUT2D eigenvalue weighted by molar-refractivity contribution is 0.103. The third kappa shape index (κ3) is 4.76. The molecule has 0 saturated heterocycles. The highest BCUT2D eigenvalue weighted by molar-refractivity contribution is 6.10. The first-order valence-corrected chi connectivity index (χ1v) is 7.97. The Balaban J connectivity index is 0.00000102. The summed E-state index contributed by atoms with van der Waals surface area (Å²) in [5, 5.41) is 0. The number of pyridine rings is 1. The molecule has 0 bridgehead atoms. The average molecular weight is 300 g/mol. The van der Waals surface area contributed by atoms with E-state index >= 15 is 0 Å². The van der Waals surface area contributed by atoms with Crippen LogP contribution in [0.3, 0.4) is 0 Å². The standard InChI is InChI=1S/C15H16N2O.2C2H6/c1-4-5-11-13(16-3)6-7-14-12(15(11)18)8-10(2)9-17-14;2*1-2/h4,8-9H,1,3,5-7H2,2H3;2*1-2H3. The van der Waals surface area contributed by atoms with E-state index in [1.54, 1.807) is 12.3 Å². The Morgan fingerprint density at radius 2 is 1.91 bits per heavy atom. The van der Waals surface area contributed by atoms with Crippen molar-refractivity contribution in [1.29, 1.82) is 0 Å². The highest BCUT2D eigenvalue weighted by atomic mass is 16.1. The van der Waals surface area contributed by atoms with Gasteiger partial charge >= 0.3 is 0 Å². The fraction of sp³-hybridized carbons (Fsp3) is 0.421. The van der Waals surface area contributed by atoms with Crippen LogP contribution in [-0.2, 0) is 6.42 Å². The second-order valence-electron chi connectivity index (χ2n) is 4.41. The van der Waals surface area contributed by atoms with Crippen LogP contribution in [0.25, 0.3) is 0 Å². The van der Waals surface area contributed by atoms with Gasteiger partial charge in [0.05, 0.1) is 5.69 Å². The van der Waals surface area contributed by atoms with Gasteiger partial charge in [0.15, 0.2) is 5.78 Å². The summed E-state index contributed by atoms with van der Waals surface area (Å²) in [6, 6.07) is 1.90. The molecule has 1 aliphatic carbocycles. The van der Waals surface area contributed by atoms with Crippen LogP contribution in [0, 0.1) is 6.92 Å². The van der Waals surface area contributed by atoms with Gasteiger partial charge in [-0.05, 0) is 44.5 Å². The van der Waals surface area contributed by atoms with E-state index in [2.05, 4.69) is 23.3 Å². The first-order chi connectivity index (χ1) is 10.7. The molecular formula is C19H28N2O. The Morgan fingerprint density at radius 3 is 2.45 bits per heavy atom. The lowest BCUT2D eigenvalue weighted by Gasteiger charge is -2.06. The maximum absolute atomic E-state index is 12.5. The number of carbonyl (C=O) groups excluding carboxylic acids is 1. The summed E-state index contributed by atoms with van der Waals surface area (Å²) in [5.41, 5.74) is 4.02. The van der Waals surface area contributed by atoms with Crippen LogP contribution in [0.1, 0.15) is 62.2 Å². The van der Waals surface area contributed by atoms with Gasteiger partial charge in [-0.3, -0.25) is 14.8 Å². The Kier molecular flexibility index (Phi) is 9.68. The molecule has 0 aliphatic heterocycles. The summed E-state index contributed by atoms with van der Waals surface area (Å²) in [4.78, 5) is 20.9. The Morgan fingerprint density at radius 1 is 1.27 bits per heavy atom. The van der Waals surface area contributed by atoms with Crippen LogP contribution in [0.5, 0.6) is 0 Å². The first kappa shape index (κ1) is 20.0. The van der Waals surface area contributed by atoms with Gasteiger partial charge in [-0.1, -0.05) is 33.8 Å². The molecule has 1 aromatic heterocycles. The lowest BCUT2D eigenvalue weighted by Crippen LogP contribution is -2.07. The van der Waals surface area contributed by atoms with Crippen LogP contribution < -0.4 is 0 Å². The zero-order valence-corrected chi connectivity index (χ0v) is 14.6. The molecule has 0 unspecified atom stereocenters. The van der Waals surface area contributed by atoms with E-state index in [1.807, 2.05) is 40.7 Å². The van der Waals surface area contributed by atoms with Crippen molar-refractivity contribution in [2.24, 2.45) is 4.99 Å². The van der Waals surface area contributed by atoms with Crippen LogP contribution in [0.15, 0.2) is 41.2 Å². The van der Waals surface area contributed by atoms with Gasteiger partial charge in [0.1, 0.15) is 0 Å². The number of fused-ring (bicyclic) bond motifs is 1. The molecule has 0 fully saturated rings. The predicted octanol–water partition coefficient (Wildman–Crippen LogP) is 5.10. The number of allylic oxidation sites excluding steroid dienone is 3. The van der Waals surface area contributed by atoms with E-state index in [4.69, 9.17) is 0 Å². The Labute approximate surface area is 134 Å². The smallest absolute Gasteiger partial charge is 0.192 e. The van der Waals surface area contributed by atoms with Crippen molar-refractivity contribution >= 4 is 12.5 Å². The zero-order valence-electron chi connectivity index (χ0n) is 14.6. The molecule has 0 amide bonds. The van der Waals surface area contributed by atoms with Gasteiger partial charge in [0, 0.05) is 23.0 Å². The SMILES string of the molecule is C=CCC1=C(N=C)CCc2ncc(C)cc2C1=O.CC.CC. The number of aromatic nitrogens is 1. The van der Waals surface area contributed by atoms with Gasteiger partial charge in [-0.2, -0.15) is 0 Å². The van der Waals surface area contributed by atoms with Crippen molar-refractivity contribution in [2.75, 3.05) is 0 Å². The topological polar surface area (TPSA) is 42.3 Å². The van der Waals surface area contributed by atoms with Gasteiger partial charge < -0.3 is 0 Å². The third-order valence-corrected chi connectivity index (χ3v) is 3.11. The summed E-state index contributed by atoms with van der Waals surface area (Å²) in [6.45, 7) is 17.2. The van der Waals surface area contributed by atoms with Crippen LogP contribution >= 0.6 is 0 Å². The monoisotopic (exact) mass is 300 g/mol. The molecule has 2 rings (SSSR count). The molecule has 1 heterocycles. The molecule has 3 nitrogen and oxygen atoms in total. The number of aryl methyl sites for hydroxylation is 2. The molecule has 0 saturated carbocycles. The maximum Gasteiger partial charge on any atom is 0.192 e. The molecular weight excluding hydrogens is 272 g/mol. The second-order valence-corrected chi connectivity index (χ2v) is 4.41. The van der Waals surface area contributed by atoms with Gasteiger partial charge in [0.25, 0.3) is 0 Å². The van der Waals surface area contributed by atoms with Gasteiger partial charge in [0.2, 0.25) is 0 Å². The van der Waals surface area contributed by atoms with Crippen molar-refractivity contribution in [1.82, 2.24) is 4.98 Å². The largest absolute Gasteiger partial charge is 0.289 e. The second kappa shape index (κ2) is 10.7. The highest BCUT2D eigenvalue weighted by Gasteiger charge is 2.23. The van der Waals surface area contributed by atoms with E-state index in [-0.39, 0.29) is 5.78 Å². The Bertz CT molecular complexity index is 557. The molecule has 1 aliphatic rings. The Hall–Kier alpha value is -2.03. The lowest BCUT2D eigenvalue weighted by atomic mass is 9.99. The number of Topliss-reactive ketones (excluding diaryl/α,β-unsaturated/α-hetero) is 1. The summed E-state index contributed by atoms with van der Waals surface area (Å²) in [6.07, 6.45) is 5.50. The minimum atomic E-state index is 0.0148. The first-order valence-electron chi connectivity index (χ1n) is 7.97. The summed E-state index contributed by atoms with van der Waals surface area (Å²) < 4.78 is 0. The van der Waals surface area contributed by atoms with Crippen LogP contribution in [0.4, 0.5) is 0 Å². The van der Waals surface area contributed by atoms with E-state index in [0.29, 0.717) is 24.0 Å². The maximum atomic E-state index is 12.5. The minimum Gasteiger partial charge on any atom is -0.289 e. The molecule has 0 radical (unpaired) electrons. The van der Waals surface area contributed by atoms with Crippen LogP contribution in [-0.4, -0.2) is 17.5 Å². The molecule has 0 atom stereocenters.